The normalized spacial score (nSPS) is 22.7. The van der Waals surface area contributed by atoms with E-state index in [1.54, 1.807) is 0 Å². The van der Waals surface area contributed by atoms with Crippen LogP contribution in [0, 0.1) is 0 Å². The van der Waals surface area contributed by atoms with Crippen molar-refractivity contribution in [3.63, 3.8) is 0 Å². The molecule has 3 rings (SSSR count). The fraction of sp³-hybridized carbons (Fsp3) is 0.650. The summed E-state index contributed by atoms with van der Waals surface area (Å²) in [6.07, 6.45) is 3.57. The molecular formula is C20H31N3O2. The molecule has 0 saturated carbocycles. The van der Waals surface area contributed by atoms with Crippen LogP contribution in [0.4, 0.5) is 0 Å². The summed E-state index contributed by atoms with van der Waals surface area (Å²) >= 11 is 0. The Balaban J connectivity index is 1.61. The van der Waals surface area contributed by atoms with Crippen LogP contribution in [0.3, 0.4) is 0 Å². The molecule has 2 heterocycles. The summed E-state index contributed by atoms with van der Waals surface area (Å²) in [5.74, 6) is 0.249. The smallest absolute Gasteiger partial charge is 0.225 e. The Morgan fingerprint density at radius 2 is 2.04 bits per heavy atom. The topological polar surface area (TPSA) is 44.8 Å². The Hall–Kier alpha value is -1.43. The van der Waals surface area contributed by atoms with Crippen molar-refractivity contribution in [2.45, 2.75) is 37.8 Å². The number of rotatable bonds is 6. The zero-order valence-corrected chi connectivity index (χ0v) is 15.3. The Kier molecular flexibility index (Phi) is 6.84. The molecule has 0 aromatic heterocycles. The maximum atomic E-state index is 13.0. The number of carbonyl (C=O) groups is 1. The van der Waals surface area contributed by atoms with E-state index in [-0.39, 0.29) is 12.0 Å². The molecule has 1 aromatic rings. The molecule has 5 heteroatoms. The monoisotopic (exact) mass is 345 g/mol. The highest BCUT2D eigenvalue weighted by atomic mass is 16.5. The zero-order valence-electron chi connectivity index (χ0n) is 15.3. The van der Waals surface area contributed by atoms with Crippen LogP contribution in [0.15, 0.2) is 30.3 Å². The number of nitrogens with zero attached hydrogens (tertiary/aromatic N) is 2. The molecule has 1 atom stereocenters. The largest absolute Gasteiger partial charge is 0.375 e. The van der Waals surface area contributed by atoms with E-state index in [1.807, 2.05) is 6.07 Å². The lowest BCUT2D eigenvalue weighted by atomic mass is 10.0. The highest BCUT2D eigenvalue weighted by Crippen LogP contribution is 2.19. The Morgan fingerprint density at radius 3 is 2.72 bits per heavy atom. The lowest BCUT2D eigenvalue weighted by molar-refractivity contribution is -0.138. The second kappa shape index (κ2) is 9.32. The van der Waals surface area contributed by atoms with Crippen molar-refractivity contribution in [3.05, 3.63) is 35.9 Å². The quantitative estimate of drug-likeness (QED) is 0.849. The van der Waals surface area contributed by atoms with Gasteiger partial charge in [-0.15, -0.1) is 0 Å². The van der Waals surface area contributed by atoms with Gasteiger partial charge in [0.05, 0.1) is 19.1 Å². The van der Waals surface area contributed by atoms with Crippen LogP contribution >= 0.6 is 0 Å². The first-order chi connectivity index (χ1) is 12.2. The summed E-state index contributed by atoms with van der Waals surface area (Å²) < 4.78 is 5.75. The second-order valence-corrected chi connectivity index (χ2v) is 7.26. The maximum Gasteiger partial charge on any atom is 0.225 e. The van der Waals surface area contributed by atoms with E-state index < -0.39 is 0 Å². The summed E-state index contributed by atoms with van der Waals surface area (Å²) in [6.45, 7) is 5.32. The van der Waals surface area contributed by atoms with E-state index in [4.69, 9.17) is 4.74 Å². The minimum atomic E-state index is 0.0201. The van der Waals surface area contributed by atoms with Crippen molar-refractivity contribution in [1.82, 2.24) is 15.1 Å². The molecule has 0 bridgehead atoms. The third kappa shape index (κ3) is 5.53. The van der Waals surface area contributed by atoms with Gasteiger partial charge in [-0.25, -0.2) is 0 Å². The van der Waals surface area contributed by atoms with Gasteiger partial charge in [-0.3, -0.25) is 4.79 Å². The minimum absolute atomic E-state index is 0.0201. The van der Waals surface area contributed by atoms with Gasteiger partial charge in [0.2, 0.25) is 5.91 Å². The van der Waals surface area contributed by atoms with Crippen LogP contribution in [0.1, 0.15) is 24.8 Å². The molecule has 1 N–H and O–H groups in total. The molecule has 0 spiro atoms. The maximum absolute atomic E-state index is 13.0. The van der Waals surface area contributed by atoms with Crippen molar-refractivity contribution in [2.75, 3.05) is 46.4 Å². The van der Waals surface area contributed by atoms with Gasteiger partial charge >= 0.3 is 0 Å². The molecule has 2 aliphatic rings. The van der Waals surface area contributed by atoms with Crippen LogP contribution in [0.25, 0.3) is 0 Å². The number of carbonyl (C=O) groups excluding carboxylic acids is 1. The molecule has 2 saturated heterocycles. The molecule has 1 amide bonds. The molecule has 0 radical (unpaired) electrons. The Bertz CT molecular complexity index is 523. The number of piperidine rings is 1. The Labute approximate surface area is 151 Å². The first-order valence-electron chi connectivity index (χ1n) is 9.56. The summed E-state index contributed by atoms with van der Waals surface area (Å²) in [5.41, 5.74) is 1.30. The van der Waals surface area contributed by atoms with Gasteiger partial charge < -0.3 is 19.9 Å². The van der Waals surface area contributed by atoms with Gasteiger partial charge in [0, 0.05) is 25.7 Å². The van der Waals surface area contributed by atoms with Crippen molar-refractivity contribution < 1.29 is 9.53 Å². The summed E-state index contributed by atoms with van der Waals surface area (Å²) in [5, 5.41) is 3.32. The molecule has 2 aliphatic heterocycles. The van der Waals surface area contributed by atoms with Crippen LogP contribution < -0.4 is 5.32 Å². The van der Waals surface area contributed by atoms with Gasteiger partial charge in [0.15, 0.2) is 0 Å². The number of nitrogens with one attached hydrogen (secondary N) is 1. The third-order valence-electron chi connectivity index (χ3n) is 5.34. The van der Waals surface area contributed by atoms with Crippen LogP contribution in [-0.2, 0) is 16.0 Å². The van der Waals surface area contributed by atoms with E-state index in [2.05, 4.69) is 46.4 Å². The van der Waals surface area contributed by atoms with Crippen LogP contribution in [0.2, 0.25) is 0 Å². The van der Waals surface area contributed by atoms with Gasteiger partial charge in [0.25, 0.3) is 0 Å². The second-order valence-electron chi connectivity index (χ2n) is 7.26. The molecule has 25 heavy (non-hydrogen) atoms. The molecular weight excluding hydrogens is 314 g/mol. The zero-order chi connectivity index (χ0) is 17.5. The standard InChI is InChI=1S/C20H31N3O2/c1-22-11-8-18(9-12-22)23(13-7-17-5-3-2-4-6-17)20(24)15-19-16-21-10-14-25-19/h2-6,18-19,21H,7-16H2,1H3/t19-/m0/s1. The molecule has 138 valence electrons. The number of hydrogen-bond acceptors (Lipinski definition) is 4. The molecule has 0 unspecified atom stereocenters. The first-order valence-corrected chi connectivity index (χ1v) is 9.56. The number of hydrogen-bond donors (Lipinski definition) is 1. The first kappa shape index (κ1) is 18.4. The van der Waals surface area contributed by atoms with E-state index >= 15 is 0 Å². The van der Waals surface area contributed by atoms with Crippen LogP contribution in [0.5, 0.6) is 0 Å². The van der Waals surface area contributed by atoms with Crippen LogP contribution in [-0.4, -0.2) is 74.2 Å². The average Bonchev–Trinajstić information content (AvgIpc) is 2.65. The van der Waals surface area contributed by atoms with Gasteiger partial charge in [-0.1, -0.05) is 30.3 Å². The SMILES string of the molecule is CN1CCC(N(CCc2ccccc2)C(=O)C[C@H]2CNCCO2)CC1. The summed E-state index contributed by atoms with van der Waals surface area (Å²) in [6, 6.07) is 10.8. The number of benzene rings is 1. The predicted molar refractivity (Wildman–Crippen MR) is 99.6 cm³/mol. The molecule has 5 nitrogen and oxygen atoms in total. The van der Waals surface area contributed by atoms with Crippen molar-refractivity contribution >= 4 is 5.91 Å². The van der Waals surface area contributed by atoms with Crippen molar-refractivity contribution in [2.24, 2.45) is 0 Å². The highest BCUT2D eigenvalue weighted by Gasteiger charge is 2.28. The fourth-order valence-corrected chi connectivity index (χ4v) is 3.77. The number of amides is 1. The molecule has 0 aliphatic carbocycles. The summed E-state index contributed by atoms with van der Waals surface area (Å²) in [4.78, 5) is 17.5. The average molecular weight is 345 g/mol. The number of ether oxygens (including phenoxy) is 1. The Morgan fingerprint density at radius 1 is 1.28 bits per heavy atom. The van der Waals surface area contributed by atoms with E-state index in [1.165, 1.54) is 5.56 Å². The fourth-order valence-electron chi connectivity index (χ4n) is 3.77. The lowest BCUT2D eigenvalue weighted by Crippen LogP contribution is -2.49. The van der Waals surface area contributed by atoms with E-state index in [9.17, 15) is 4.79 Å². The predicted octanol–water partition coefficient (Wildman–Crippen LogP) is 1.53. The lowest BCUT2D eigenvalue weighted by Gasteiger charge is -2.38. The van der Waals surface area contributed by atoms with Gasteiger partial charge in [-0.05, 0) is 45.0 Å². The van der Waals surface area contributed by atoms with Crippen molar-refractivity contribution in [3.8, 4) is 0 Å². The minimum Gasteiger partial charge on any atom is -0.375 e. The summed E-state index contributed by atoms with van der Waals surface area (Å²) in [7, 11) is 2.16. The highest BCUT2D eigenvalue weighted by molar-refractivity contribution is 5.77. The molecule has 2 fully saturated rings. The van der Waals surface area contributed by atoms with Crippen molar-refractivity contribution in [1.29, 1.82) is 0 Å². The van der Waals surface area contributed by atoms with E-state index in [0.29, 0.717) is 19.1 Å². The number of morpholine rings is 1. The number of likely N-dealkylation sites (tertiary alicyclic amines) is 1. The van der Waals surface area contributed by atoms with E-state index in [0.717, 1.165) is 52.0 Å². The van der Waals surface area contributed by atoms with Gasteiger partial charge in [0.1, 0.15) is 0 Å². The van der Waals surface area contributed by atoms with Gasteiger partial charge in [-0.2, -0.15) is 0 Å². The molecule has 1 aromatic carbocycles. The third-order valence-corrected chi connectivity index (χ3v) is 5.34.